The maximum absolute atomic E-state index is 3.76. The number of nitrogens with one attached hydrogen (secondary N) is 1. The van der Waals surface area contributed by atoms with Crippen molar-refractivity contribution in [2.45, 2.75) is 59.9 Å². The summed E-state index contributed by atoms with van der Waals surface area (Å²) in [5.41, 5.74) is 4.66. The van der Waals surface area contributed by atoms with Crippen LogP contribution < -0.4 is 10.2 Å². The zero-order valence-corrected chi connectivity index (χ0v) is 14.5. The van der Waals surface area contributed by atoms with E-state index in [1.54, 1.807) is 0 Å². The van der Waals surface area contributed by atoms with Gasteiger partial charge in [-0.15, -0.1) is 0 Å². The Kier molecular flexibility index (Phi) is 5.32. The Hall–Kier alpha value is -1.02. The quantitative estimate of drug-likeness (QED) is 0.875. The number of nitrogens with zero attached hydrogens (tertiary/aromatic N) is 1. The first-order chi connectivity index (χ1) is 9.91. The topological polar surface area (TPSA) is 15.3 Å². The summed E-state index contributed by atoms with van der Waals surface area (Å²) >= 11 is 0. The van der Waals surface area contributed by atoms with Crippen LogP contribution in [0.25, 0.3) is 0 Å². The second-order valence-electron chi connectivity index (χ2n) is 7.55. The van der Waals surface area contributed by atoms with E-state index in [9.17, 15) is 0 Å². The van der Waals surface area contributed by atoms with Gasteiger partial charge in [0.1, 0.15) is 0 Å². The molecule has 0 radical (unpaired) electrons. The molecule has 1 aliphatic rings. The second kappa shape index (κ2) is 6.83. The highest BCUT2D eigenvalue weighted by molar-refractivity contribution is 5.56. The lowest BCUT2D eigenvalue weighted by atomic mass is 9.85. The zero-order chi connectivity index (χ0) is 15.5. The van der Waals surface area contributed by atoms with E-state index in [0.29, 0.717) is 6.04 Å². The molecule has 0 aliphatic carbocycles. The van der Waals surface area contributed by atoms with Gasteiger partial charge < -0.3 is 10.2 Å². The van der Waals surface area contributed by atoms with Crippen LogP contribution in [0.1, 0.15) is 51.7 Å². The van der Waals surface area contributed by atoms with Crippen molar-refractivity contribution in [2.75, 3.05) is 24.5 Å². The molecule has 1 unspecified atom stereocenters. The van der Waals surface area contributed by atoms with E-state index in [1.165, 1.54) is 42.6 Å². The molecule has 0 fully saturated rings. The molecule has 1 aliphatic heterocycles. The molecule has 1 aromatic rings. The normalized spacial score (nSPS) is 16.7. The number of fused-ring (bicyclic) bond motifs is 1. The number of aryl methyl sites for hydroxylation is 2. The SMILES string of the molecule is CCCNC(CN1CCCc2cc(C)ccc21)C(C)(C)C. The van der Waals surface area contributed by atoms with E-state index >= 15 is 0 Å². The van der Waals surface area contributed by atoms with Gasteiger partial charge >= 0.3 is 0 Å². The fourth-order valence-corrected chi connectivity index (χ4v) is 3.18. The minimum Gasteiger partial charge on any atom is -0.370 e. The predicted octanol–water partition coefficient (Wildman–Crippen LogP) is 4.16. The Bertz CT molecular complexity index is 459. The highest BCUT2D eigenvalue weighted by atomic mass is 15.2. The van der Waals surface area contributed by atoms with Crippen LogP contribution in [-0.2, 0) is 6.42 Å². The van der Waals surface area contributed by atoms with Crippen LogP contribution in [0, 0.1) is 12.3 Å². The van der Waals surface area contributed by atoms with Crippen molar-refractivity contribution < 1.29 is 0 Å². The number of hydrogen-bond donors (Lipinski definition) is 1. The maximum Gasteiger partial charge on any atom is 0.0399 e. The molecule has 21 heavy (non-hydrogen) atoms. The summed E-state index contributed by atoms with van der Waals surface area (Å²) < 4.78 is 0. The highest BCUT2D eigenvalue weighted by Gasteiger charge is 2.28. The number of benzene rings is 1. The van der Waals surface area contributed by atoms with Crippen LogP contribution >= 0.6 is 0 Å². The van der Waals surface area contributed by atoms with E-state index in [2.05, 4.69) is 63.0 Å². The standard InChI is InChI=1S/C19H32N2/c1-6-11-20-18(19(3,4)5)14-21-12-7-8-16-13-15(2)9-10-17(16)21/h9-10,13,18,20H,6-8,11-12,14H2,1-5H3. The summed E-state index contributed by atoms with van der Waals surface area (Å²) in [7, 11) is 0. The molecule has 1 heterocycles. The molecule has 1 N–H and O–H groups in total. The average Bonchev–Trinajstić information content (AvgIpc) is 2.41. The summed E-state index contributed by atoms with van der Waals surface area (Å²) in [6.07, 6.45) is 3.71. The van der Waals surface area contributed by atoms with Crippen LogP contribution in [-0.4, -0.2) is 25.7 Å². The summed E-state index contributed by atoms with van der Waals surface area (Å²) in [5, 5.41) is 3.76. The molecule has 118 valence electrons. The average molecular weight is 288 g/mol. The minimum absolute atomic E-state index is 0.289. The van der Waals surface area contributed by atoms with Crippen LogP contribution in [0.4, 0.5) is 5.69 Å². The molecule has 0 saturated heterocycles. The van der Waals surface area contributed by atoms with Crippen molar-refractivity contribution in [3.8, 4) is 0 Å². The van der Waals surface area contributed by atoms with Crippen LogP contribution in [0.2, 0.25) is 0 Å². The fraction of sp³-hybridized carbons (Fsp3) is 0.684. The molecular formula is C19H32N2. The maximum atomic E-state index is 3.76. The van der Waals surface area contributed by atoms with Crippen molar-refractivity contribution in [1.82, 2.24) is 5.32 Å². The third-order valence-corrected chi connectivity index (χ3v) is 4.54. The monoisotopic (exact) mass is 288 g/mol. The lowest BCUT2D eigenvalue weighted by molar-refractivity contribution is 0.269. The molecule has 0 spiro atoms. The largest absolute Gasteiger partial charge is 0.370 e. The molecule has 2 nitrogen and oxygen atoms in total. The molecule has 0 saturated carbocycles. The number of hydrogen-bond acceptors (Lipinski definition) is 2. The van der Waals surface area contributed by atoms with Crippen LogP contribution in [0.5, 0.6) is 0 Å². The minimum atomic E-state index is 0.289. The molecule has 1 aromatic carbocycles. The lowest BCUT2D eigenvalue weighted by Gasteiger charge is -2.39. The molecular weight excluding hydrogens is 256 g/mol. The van der Waals surface area contributed by atoms with Gasteiger partial charge in [0.05, 0.1) is 0 Å². The first-order valence-corrected chi connectivity index (χ1v) is 8.49. The zero-order valence-electron chi connectivity index (χ0n) is 14.5. The molecule has 0 aromatic heterocycles. The smallest absolute Gasteiger partial charge is 0.0399 e. The number of rotatable bonds is 5. The van der Waals surface area contributed by atoms with Gasteiger partial charge in [0.25, 0.3) is 0 Å². The van der Waals surface area contributed by atoms with Gasteiger partial charge in [-0.2, -0.15) is 0 Å². The Balaban J connectivity index is 2.15. The number of anilines is 1. The van der Waals surface area contributed by atoms with Crippen molar-refractivity contribution >= 4 is 5.69 Å². The van der Waals surface area contributed by atoms with Crippen molar-refractivity contribution in [1.29, 1.82) is 0 Å². The van der Waals surface area contributed by atoms with E-state index in [-0.39, 0.29) is 5.41 Å². The Morgan fingerprint density at radius 2 is 2.05 bits per heavy atom. The first-order valence-electron chi connectivity index (χ1n) is 8.49. The van der Waals surface area contributed by atoms with Crippen LogP contribution in [0.3, 0.4) is 0 Å². The van der Waals surface area contributed by atoms with E-state index in [1.807, 2.05) is 0 Å². The van der Waals surface area contributed by atoms with Crippen molar-refractivity contribution in [3.05, 3.63) is 29.3 Å². The van der Waals surface area contributed by atoms with Gasteiger partial charge in [0, 0.05) is 24.8 Å². The highest BCUT2D eigenvalue weighted by Crippen LogP contribution is 2.30. The molecule has 0 bridgehead atoms. The van der Waals surface area contributed by atoms with Gasteiger partial charge in [-0.1, -0.05) is 45.4 Å². The van der Waals surface area contributed by atoms with E-state index in [0.717, 1.165) is 13.1 Å². The van der Waals surface area contributed by atoms with E-state index < -0.39 is 0 Å². The van der Waals surface area contributed by atoms with Gasteiger partial charge in [-0.05, 0) is 49.8 Å². The lowest BCUT2D eigenvalue weighted by Crippen LogP contribution is -2.50. The van der Waals surface area contributed by atoms with Crippen molar-refractivity contribution in [2.24, 2.45) is 5.41 Å². The summed E-state index contributed by atoms with van der Waals surface area (Å²) in [4.78, 5) is 2.59. The first kappa shape index (κ1) is 16.4. The van der Waals surface area contributed by atoms with Crippen molar-refractivity contribution in [3.63, 3.8) is 0 Å². The third-order valence-electron chi connectivity index (χ3n) is 4.54. The van der Waals surface area contributed by atoms with E-state index in [4.69, 9.17) is 0 Å². The summed E-state index contributed by atoms with van der Waals surface area (Å²) in [5.74, 6) is 0. The molecule has 2 heteroatoms. The third kappa shape index (κ3) is 4.23. The second-order valence-corrected chi connectivity index (χ2v) is 7.55. The molecule has 1 atom stereocenters. The Labute approximate surface area is 130 Å². The Morgan fingerprint density at radius 3 is 2.71 bits per heavy atom. The predicted molar refractivity (Wildman–Crippen MR) is 93.2 cm³/mol. The van der Waals surface area contributed by atoms with Gasteiger partial charge in [0.15, 0.2) is 0 Å². The van der Waals surface area contributed by atoms with Gasteiger partial charge in [-0.25, -0.2) is 0 Å². The molecule has 2 rings (SSSR count). The summed E-state index contributed by atoms with van der Waals surface area (Å²) in [6, 6.07) is 7.48. The summed E-state index contributed by atoms with van der Waals surface area (Å²) in [6.45, 7) is 14.9. The van der Waals surface area contributed by atoms with Gasteiger partial charge in [0.2, 0.25) is 0 Å². The van der Waals surface area contributed by atoms with Crippen LogP contribution in [0.15, 0.2) is 18.2 Å². The Morgan fingerprint density at radius 1 is 1.29 bits per heavy atom. The fourth-order valence-electron chi connectivity index (χ4n) is 3.18. The molecule has 0 amide bonds. The van der Waals surface area contributed by atoms with Gasteiger partial charge in [-0.3, -0.25) is 0 Å².